The first-order chi connectivity index (χ1) is 22.5. The number of ether oxygens (including phenoxy) is 1. The molecule has 47 heavy (non-hydrogen) atoms. The standard InChI is InChI=1S/C36H31Cl2N3O6/c1-40-33(45)35(37)19-26-24(27(36(35,38)34(40)46)16-8-20-9-17-28(42)29(18-20)47-2)14-15-25-30(26)32(44)41(31(25)43)23-12-10-22(11-13-23)39-21-6-4-3-5-7-21/h3-14,16-18,25-27,30,39,42H,15,19H2,1-2H3/t25-,26+,27-,30-,35+,36-/m0/s1. The topological polar surface area (TPSA) is 116 Å². The second-order valence-electron chi connectivity index (χ2n) is 12.4. The van der Waals surface area contributed by atoms with Crippen molar-refractivity contribution in [3.63, 3.8) is 0 Å². The highest BCUT2D eigenvalue weighted by Crippen LogP contribution is 2.63. The van der Waals surface area contributed by atoms with Gasteiger partial charge in [0.25, 0.3) is 11.8 Å². The smallest absolute Gasteiger partial charge is 0.253 e. The first kappa shape index (κ1) is 31.0. The lowest BCUT2D eigenvalue weighted by Crippen LogP contribution is -2.60. The molecular formula is C36H31Cl2N3O6. The average Bonchev–Trinajstić information content (AvgIpc) is 3.40. The van der Waals surface area contributed by atoms with Crippen LogP contribution in [0, 0.1) is 23.7 Å². The van der Waals surface area contributed by atoms with Crippen LogP contribution in [-0.2, 0) is 19.2 Å². The van der Waals surface area contributed by atoms with Gasteiger partial charge < -0.3 is 15.2 Å². The maximum absolute atomic E-state index is 14.2. The number of imide groups is 2. The molecule has 6 atom stereocenters. The lowest BCUT2D eigenvalue weighted by Gasteiger charge is -2.49. The molecule has 7 rings (SSSR count). The molecule has 3 fully saturated rings. The Balaban J connectivity index is 1.24. The Morgan fingerprint density at radius 1 is 0.915 bits per heavy atom. The third-order valence-corrected chi connectivity index (χ3v) is 11.4. The summed E-state index contributed by atoms with van der Waals surface area (Å²) >= 11 is 14.4. The summed E-state index contributed by atoms with van der Waals surface area (Å²) in [6.07, 6.45) is 5.51. The van der Waals surface area contributed by atoms with Gasteiger partial charge in [-0.3, -0.25) is 29.0 Å². The number of phenolic OH excluding ortho intramolecular Hbond substituents is 1. The van der Waals surface area contributed by atoms with Gasteiger partial charge in [0.1, 0.15) is 0 Å². The zero-order chi connectivity index (χ0) is 33.2. The number of aromatic hydroxyl groups is 1. The van der Waals surface area contributed by atoms with Crippen LogP contribution in [0.2, 0.25) is 0 Å². The summed E-state index contributed by atoms with van der Waals surface area (Å²) in [5.74, 6) is -4.68. The number of likely N-dealkylation sites (tertiary alicyclic amines) is 1. The van der Waals surface area contributed by atoms with Gasteiger partial charge in [0.05, 0.1) is 24.6 Å². The normalized spacial score (nSPS) is 29.9. The number of benzene rings is 3. The van der Waals surface area contributed by atoms with Crippen LogP contribution >= 0.6 is 23.2 Å². The first-order valence-corrected chi connectivity index (χ1v) is 16.0. The highest BCUT2D eigenvalue weighted by molar-refractivity contribution is 6.53. The minimum atomic E-state index is -1.86. The summed E-state index contributed by atoms with van der Waals surface area (Å²) in [5, 5.41) is 13.4. The number of alkyl halides is 2. The maximum Gasteiger partial charge on any atom is 0.253 e. The van der Waals surface area contributed by atoms with Gasteiger partial charge in [0.15, 0.2) is 21.2 Å². The summed E-state index contributed by atoms with van der Waals surface area (Å²) in [5.41, 5.74) is 3.48. The molecule has 0 radical (unpaired) electrons. The van der Waals surface area contributed by atoms with E-state index in [1.54, 1.807) is 36.4 Å². The monoisotopic (exact) mass is 671 g/mol. The van der Waals surface area contributed by atoms with Gasteiger partial charge in [-0.1, -0.05) is 48.1 Å². The number of fused-ring (bicyclic) bond motifs is 4. The fourth-order valence-corrected chi connectivity index (χ4v) is 8.61. The van der Waals surface area contributed by atoms with Gasteiger partial charge in [-0.2, -0.15) is 0 Å². The fourth-order valence-electron chi connectivity index (χ4n) is 7.63. The van der Waals surface area contributed by atoms with Crippen LogP contribution in [0.3, 0.4) is 0 Å². The molecule has 2 aliphatic heterocycles. The molecule has 2 heterocycles. The zero-order valence-corrected chi connectivity index (χ0v) is 27.0. The Hall–Kier alpha value is -4.60. The van der Waals surface area contributed by atoms with E-state index in [0.29, 0.717) is 16.8 Å². The largest absolute Gasteiger partial charge is 0.504 e. The van der Waals surface area contributed by atoms with Crippen LogP contribution in [0.15, 0.2) is 90.5 Å². The molecule has 240 valence electrons. The number of phenols is 1. The quantitative estimate of drug-likeness (QED) is 0.191. The minimum Gasteiger partial charge on any atom is -0.504 e. The molecule has 3 aromatic carbocycles. The lowest BCUT2D eigenvalue weighted by molar-refractivity contribution is -0.138. The van der Waals surface area contributed by atoms with Gasteiger partial charge in [0, 0.05) is 24.3 Å². The Labute approximate surface area is 281 Å². The number of carbonyl (C=O) groups excluding carboxylic acids is 4. The first-order valence-electron chi connectivity index (χ1n) is 15.2. The molecule has 0 bridgehead atoms. The van der Waals surface area contributed by atoms with Crippen molar-refractivity contribution in [3.8, 4) is 11.5 Å². The lowest BCUT2D eigenvalue weighted by atomic mass is 9.57. The molecule has 3 aromatic rings. The van der Waals surface area contributed by atoms with Crippen molar-refractivity contribution in [1.82, 2.24) is 4.90 Å². The molecule has 1 saturated carbocycles. The molecule has 2 N–H and O–H groups in total. The van der Waals surface area contributed by atoms with E-state index >= 15 is 0 Å². The second-order valence-corrected chi connectivity index (χ2v) is 13.6. The Morgan fingerprint density at radius 3 is 2.32 bits per heavy atom. The number of methoxy groups -OCH3 is 1. The Morgan fingerprint density at radius 2 is 1.62 bits per heavy atom. The van der Waals surface area contributed by atoms with Crippen molar-refractivity contribution >= 4 is 70.0 Å². The highest BCUT2D eigenvalue weighted by atomic mass is 35.5. The average molecular weight is 673 g/mol. The van der Waals surface area contributed by atoms with Crippen LogP contribution < -0.4 is 15.0 Å². The van der Waals surface area contributed by atoms with Crippen molar-refractivity contribution in [2.45, 2.75) is 22.6 Å². The summed E-state index contributed by atoms with van der Waals surface area (Å²) in [4.78, 5) is 53.8. The number of nitrogens with zero attached hydrogens (tertiary/aromatic N) is 2. The summed E-state index contributed by atoms with van der Waals surface area (Å²) in [6.45, 7) is 0. The van der Waals surface area contributed by atoms with Crippen molar-refractivity contribution in [2.24, 2.45) is 23.7 Å². The minimum absolute atomic E-state index is 0.0359. The van der Waals surface area contributed by atoms with E-state index in [2.05, 4.69) is 5.32 Å². The van der Waals surface area contributed by atoms with E-state index in [1.165, 1.54) is 25.1 Å². The van der Waals surface area contributed by atoms with Gasteiger partial charge in [-0.15, -0.1) is 23.2 Å². The Kier molecular flexibility index (Phi) is 7.44. The molecule has 4 amide bonds. The van der Waals surface area contributed by atoms with E-state index in [1.807, 2.05) is 48.5 Å². The van der Waals surface area contributed by atoms with Gasteiger partial charge in [-0.05, 0) is 72.9 Å². The van der Waals surface area contributed by atoms with Crippen molar-refractivity contribution < 1.29 is 29.0 Å². The second kappa shape index (κ2) is 11.3. The predicted octanol–water partition coefficient (Wildman–Crippen LogP) is 5.88. The van der Waals surface area contributed by atoms with Crippen molar-refractivity contribution in [1.29, 1.82) is 0 Å². The maximum atomic E-state index is 14.2. The molecule has 0 spiro atoms. The third-order valence-electron chi connectivity index (χ3n) is 9.94. The van der Waals surface area contributed by atoms with Gasteiger partial charge in [-0.25, -0.2) is 0 Å². The molecule has 4 aliphatic rings. The highest BCUT2D eigenvalue weighted by Gasteiger charge is 2.75. The number of hydrogen-bond donors (Lipinski definition) is 2. The summed E-state index contributed by atoms with van der Waals surface area (Å²) in [7, 11) is 2.79. The predicted molar refractivity (Wildman–Crippen MR) is 179 cm³/mol. The zero-order valence-electron chi connectivity index (χ0n) is 25.5. The summed E-state index contributed by atoms with van der Waals surface area (Å²) < 4.78 is 5.24. The summed E-state index contributed by atoms with van der Waals surface area (Å²) in [6, 6.07) is 21.5. The van der Waals surface area contributed by atoms with Crippen molar-refractivity contribution in [3.05, 3.63) is 96.1 Å². The van der Waals surface area contributed by atoms with Crippen LogP contribution in [0.5, 0.6) is 11.5 Å². The fraction of sp³-hybridized carbons (Fsp3) is 0.278. The van der Waals surface area contributed by atoms with E-state index in [4.69, 9.17) is 27.9 Å². The number of anilines is 3. The van der Waals surface area contributed by atoms with Gasteiger partial charge >= 0.3 is 0 Å². The van der Waals surface area contributed by atoms with Crippen molar-refractivity contribution in [2.75, 3.05) is 24.4 Å². The Bertz CT molecular complexity index is 1880. The third kappa shape index (κ3) is 4.58. The van der Waals surface area contributed by atoms with Gasteiger partial charge in [0.2, 0.25) is 11.8 Å². The number of carbonyl (C=O) groups is 4. The number of allylic oxidation sites excluding steroid dienone is 3. The number of hydrogen-bond acceptors (Lipinski definition) is 7. The van der Waals surface area contributed by atoms with Crippen LogP contribution in [0.4, 0.5) is 17.1 Å². The number of nitrogens with one attached hydrogen (secondary N) is 1. The molecule has 2 saturated heterocycles. The van der Waals surface area contributed by atoms with E-state index in [9.17, 15) is 24.3 Å². The van der Waals surface area contributed by atoms with E-state index in [0.717, 1.165) is 16.3 Å². The molecule has 0 unspecified atom stereocenters. The number of para-hydroxylation sites is 1. The van der Waals surface area contributed by atoms with E-state index < -0.39 is 45.2 Å². The number of rotatable bonds is 6. The molecule has 2 aliphatic carbocycles. The molecular weight excluding hydrogens is 641 g/mol. The van der Waals surface area contributed by atoms with Crippen LogP contribution in [0.25, 0.3) is 6.08 Å². The SMILES string of the molecule is COc1cc(C=C[C@H]2C3=CC[C@@H]4C(=O)N(c5ccc(Nc6ccccc6)cc5)C(=O)[C@@H]4[C@@H]3C[C@@]3(Cl)C(=O)N(C)C(=O)[C@@]23Cl)ccc1O. The number of halogens is 2. The van der Waals surface area contributed by atoms with Crippen LogP contribution in [-0.4, -0.2) is 57.5 Å². The molecule has 9 nitrogen and oxygen atoms in total. The van der Waals surface area contributed by atoms with Crippen LogP contribution in [0.1, 0.15) is 18.4 Å². The molecule has 0 aromatic heterocycles. The molecule has 11 heteroatoms. The van der Waals surface area contributed by atoms with E-state index in [-0.39, 0.29) is 36.2 Å². The number of amides is 4.